The van der Waals surface area contributed by atoms with Gasteiger partial charge in [0.25, 0.3) is 0 Å². The molecular formula is C32H32ClFN6O2. The predicted molar refractivity (Wildman–Crippen MR) is 166 cm³/mol. The van der Waals surface area contributed by atoms with Crippen molar-refractivity contribution in [3.63, 3.8) is 0 Å². The second-order valence-electron chi connectivity index (χ2n) is 10.7. The van der Waals surface area contributed by atoms with Gasteiger partial charge in [-0.25, -0.2) is 18.7 Å². The number of hydrogen-bond donors (Lipinski definition) is 0. The van der Waals surface area contributed by atoms with Crippen LogP contribution in [0.5, 0.6) is 0 Å². The van der Waals surface area contributed by atoms with Crippen LogP contribution in [0.3, 0.4) is 0 Å². The predicted octanol–water partition coefficient (Wildman–Crippen LogP) is 5.93. The fraction of sp³-hybridized carbons (Fsp3) is 0.281. The van der Waals surface area contributed by atoms with Gasteiger partial charge in [-0.1, -0.05) is 56.8 Å². The molecule has 8 nitrogen and oxygen atoms in total. The van der Waals surface area contributed by atoms with Crippen LogP contribution in [0.2, 0.25) is 5.02 Å². The number of hydrogen-bond acceptors (Lipinski definition) is 6. The largest absolute Gasteiger partial charge is 0.355 e. The van der Waals surface area contributed by atoms with E-state index in [0.717, 1.165) is 5.56 Å². The lowest BCUT2D eigenvalue weighted by Crippen LogP contribution is -2.54. The van der Waals surface area contributed by atoms with Gasteiger partial charge in [-0.05, 0) is 49.6 Å². The molecule has 1 aromatic carbocycles. The third-order valence-electron chi connectivity index (χ3n) is 7.62. The van der Waals surface area contributed by atoms with E-state index < -0.39 is 11.5 Å². The van der Waals surface area contributed by atoms with Crippen LogP contribution in [0.25, 0.3) is 34.1 Å². The second-order valence-corrected chi connectivity index (χ2v) is 11.1. The van der Waals surface area contributed by atoms with Crippen LogP contribution < -0.4 is 10.6 Å². The molecule has 0 radical (unpaired) electrons. The molecule has 4 aromatic rings. The molecule has 1 saturated heterocycles. The quantitative estimate of drug-likeness (QED) is 0.260. The minimum Gasteiger partial charge on any atom is -0.350 e. The Labute approximate surface area is 248 Å². The Balaban J connectivity index is 1.83. The molecule has 0 bridgehead atoms. The average Bonchev–Trinajstić information content (AvgIpc) is 2.97. The van der Waals surface area contributed by atoms with Crippen molar-refractivity contribution < 1.29 is 9.18 Å². The van der Waals surface area contributed by atoms with Crippen LogP contribution in [0, 0.1) is 12.7 Å². The SMILES string of the molecule is C=CC(=O)N1CCN(c2nc(=O)n(-c3c(C)ccnc3C(C)C)c3nc(-c4cccc(C=C)c4F)c(Cl)cc23)[C@@H](C)C1. The highest BCUT2D eigenvalue weighted by Gasteiger charge is 2.30. The smallest absolute Gasteiger partial charge is 0.350 e. The molecule has 4 heterocycles. The van der Waals surface area contributed by atoms with E-state index in [1.807, 2.05) is 38.7 Å². The highest BCUT2D eigenvalue weighted by Crippen LogP contribution is 2.36. The summed E-state index contributed by atoms with van der Waals surface area (Å²) in [6, 6.07) is 8.27. The van der Waals surface area contributed by atoms with Gasteiger partial charge in [0.05, 0.1) is 27.5 Å². The summed E-state index contributed by atoms with van der Waals surface area (Å²) in [5.74, 6) is -0.272. The monoisotopic (exact) mass is 586 g/mol. The number of aryl methyl sites for hydroxylation is 1. The van der Waals surface area contributed by atoms with Crippen molar-refractivity contribution in [3.05, 3.63) is 93.9 Å². The van der Waals surface area contributed by atoms with Gasteiger partial charge < -0.3 is 9.80 Å². The van der Waals surface area contributed by atoms with Crippen molar-refractivity contribution in [2.75, 3.05) is 24.5 Å². The Bertz CT molecular complexity index is 1800. The molecular weight excluding hydrogens is 555 g/mol. The third-order valence-corrected chi connectivity index (χ3v) is 7.90. The number of rotatable bonds is 6. The van der Waals surface area contributed by atoms with Crippen molar-refractivity contribution >= 4 is 40.4 Å². The van der Waals surface area contributed by atoms with Crippen LogP contribution >= 0.6 is 11.6 Å². The number of nitrogens with zero attached hydrogens (tertiary/aromatic N) is 6. The molecule has 0 unspecified atom stereocenters. The number of piperazine rings is 1. The molecule has 216 valence electrons. The lowest BCUT2D eigenvalue weighted by molar-refractivity contribution is -0.126. The van der Waals surface area contributed by atoms with Gasteiger partial charge in [0.1, 0.15) is 11.6 Å². The number of aromatic nitrogens is 4. The molecule has 5 rings (SSSR count). The van der Waals surface area contributed by atoms with E-state index in [4.69, 9.17) is 16.6 Å². The van der Waals surface area contributed by atoms with Crippen molar-refractivity contribution in [1.82, 2.24) is 24.4 Å². The topological polar surface area (TPSA) is 84.2 Å². The zero-order chi connectivity index (χ0) is 30.3. The number of carbonyl (C=O) groups is 1. The Morgan fingerprint density at radius 1 is 1.19 bits per heavy atom. The summed E-state index contributed by atoms with van der Waals surface area (Å²) >= 11 is 6.82. The average molecular weight is 587 g/mol. The maximum absolute atomic E-state index is 15.5. The van der Waals surface area contributed by atoms with Crippen molar-refractivity contribution in [2.45, 2.75) is 39.7 Å². The molecule has 3 aromatic heterocycles. The van der Waals surface area contributed by atoms with E-state index >= 15 is 4.39 Å². The van der Waals surface area contributed by atoms with Crippen LogP contribution in [0.1, 0.15) is 43.5 Å². The van der Waals surface area contributed by atoms with Crippen LogP contribution in [0.4, 0.5) is 10.2 Å². The van der Waals surface area contributed by atoms with E-state index in [2.05, 4.69) is 23.1 Å². The molecule has 1 atom stereocenters. The fourth-order valence-electron chi connectivity index (χ4n) is 5.49. The maximum Gasteiger partial charge on any atom is 0.355 e. The molecule has 1 aliphatic rings. The number of halogens is 2. The highest BCUT2D eigenvalue weighted by molar-refractivity contribution is 6.34. The Hall–Kier alpha value is -4.37. The minimum absolute atomic E-state index is 0.00879. The van der Waals surface area contributed by atoms with Crippen molar-refractivity contribution in [2.24, 2.45) is 0 Å². The zero-order valence-electron chi connectivity index (χ0n) is 24.1. The van der Waals surface area contributed by atoms with Gasteiger partial charge in [-0.15, -0.1) is 0 Å². The normalized spacial score (nSPS) is 15.4. The standard InChI is InChI=1S/C32H32ClFN6O2/c1-7-21-10-9-11-22(26(21)34)28-24(33)16-23-30(39-15-14-38(17-20(39)6)25(41)8-2)37-32(42)40(31(23)36-28)29-19(5)12-13-35-27(29)18(3)4/h7-13,16,18,20H,1-2,14-15,17H2,3-6H3/t20-/m0/s1. The number of amides is 1. The number of anilines is 1. The van der Waals surface area contributed by atoms with Crippen molar-refractivity contribution in [3.8, 4) is 16.9 Å². The first-order valence-electron chi connectivity index (χ1n) is 13.8. The van der Waals surface area contributed by atoms with Crippen LogP contribution in [-0.4, -0.2) is 56.0 Å². The summed E-state index contributed by atoms with van der Waals surface area (Å²) in [5.41, 5.74) is 2.52. The summed E-state index contributed by atoms with van der Waals surface area (Å²) < 4.78 is 17.0. The number of fused-ring (bicyclic) bond motifs is 1. The Morgan fingerprint density at radius 2 is 1.95 bits per heavy atom. The lowest BCUT2D eigenvalue weighted by atomic mass is 10.0. The fourth-order valence-corrected chi connectivity index (χ4v) is 5.74. The molecule has 42 heavy (non-hydrogen) atoms. The summed E-state index contributed by atoms with van der Waals surface area (Å²) in [5, 5.41) is 0.730. The molecule has 10 heteroatoms. The van der Waals surface area contributed by atoms with Gasteiger partial charge in [0.15, 0.2) is 5.65 Å². The third kappa shape index (κ3) is 4.98. The summed E-state index contributed by atoms with van der Waals surface area (Å²) in [6.45, 7) is 16.4. The number of pyridine rings is 2. The van der Waals surface area contributed by atoms with Gasteiger partial charge in [-0.2, -0.15) is 4.98 Å². The van der Waals surface area contributed by atoms with Gasteiger partial charge in [0, 0.05) is 43.0 Å². The van der Waals surface area contributed by atoms with E-state index in [0.29, 0.717) is 47.8 Å². The van der Waals surface area contributed by atoms with Crippen LogP contribution in [0.15, 0.2) is 60.6 Å². The minimum atomic E-state index is -0.548. The van der Waals surface area contributed by atoms with E-state index in [1.165, 1.54) is 16.7 Å². The highest BCUT2D eigenvalue weighted by atomic mass is 35.5. The first-order chi connectivity index (χ1) is 20.1. The molecule has 0 aliphatic carbocycles. The zero-order valence-corrected chi connectivity index (χ0v) is 24.8. The molecule has 0 N–H and O–H groups in total. The number of benzene rings is 1. The number of carbonyl (C=O) groups excluding carboxylic acids is 1. The molecule has 0 spiro atoms. The molecule has 1 amide bonds. The Morgan fingerprint density at radius 3 is 2.62 bits per heavy atom. The Kier molecular flexibility index (Phi) is 7.97. The maximum atomic E-state index is 15.5. The molecule has 1 aliphatic heterocycles. The van der Waals surface area contributed by atoms with Gasteiger partial charge >= 0.3 is 5.69 Å². The van der Waals surface area contributed by atoms with E-state index in [-0.39, 0.29) is 39.8 Å². The van der Waals surface area contributed by atoms with Gasteiger partial charge in [-0.3, -0.25) is 9.78 Å². The molecule has 0 saturated carbocycles. The van der Waals surface area contributed by atoms with Crippen LogP contribution in [-0.2, 0) is 4.79 Å². The summed E-state index contributed by atoms with van der Waals surface area (Å²) in [6.07, 6.45) is 4.43. The van der Waals surface area contributed by atoms with Gasteiger partial charge in [0.2, 0.25) is 5.91 Å². The molecule has 1 fully saturated rings. The van der Waals surface area contributed by atoms with E-state index in [1.54, 1.807) is 35.4 Å². The first kappa shape index (κ1) is 29.1. The first-order valence-corrected chi connectivity index (χ1v) is 14.1. The summed E-state index contributed by atoms with van der Waals surface area (Å²) in [4.78, 5) is 44.0. The van der Waals surface area contributed by atoms with Crippen molar-refractivity contribution in [1.29, 1.82) is 0 Å². The summed E-state index contributed by atoms with van der Waals surface area (Å²) in [7, 11) is 0. The second kappa shape index (κ2) is 11.5. The van der Waals surface area contributed by atoms with E-state index in [9.17, 15) is 9.59 Å². The lowest BCUT2D eigenvalue weighted by Gasteiger charge is -2.40.